The number of benzene rings is 1. The molecular formula is C15H14N6O. The minimum absolute atomic E-state index is 0.0997. The lowest BCUT2D eigenvalue weighted by atomic mass is 10.1. The summed E-state index contributed by atoms with van der Waals surface area (Å²) in [5.41, 5.74) is 2.55. The van der Waals surface area contributed by atoms with E-state index in [4.69, 9.17) is 0 Å². The first kappa shape index (κ1) is 13.9. The van der Waals surface area contributed by atoms with Gasteiger partial charge in [0.2, 0.25) is 0 Å². The number of nitrogens with zero attached hydrogens (tertiary/aromatic N) is 5. The molecule has 2 heterocycles. The fourth-order valence-corrected chi connectivity index (χ4v) is 2.02. The highest BCUT2D eigenvalue weighted by atomic mass is 16.1. The highest BCUT2D eigenvalue weighted by Crippen LogP contribution is 2.07. The quantitative estimate of drug-likeness (QED) is 0.759. The van der Waals surface area contributed by atoms with Crippen LogP contribution >= 0.6 is 0 Å². The van der Waals surface area contributed by atoms with Crippen molar-refractivity contribution in [2.75, 3.05) is 6.54 Å². The molecule has 22 heavy (non-hydrogen) atoms. The molecule has 1 N–H and O–H groups in total. The molecule has 0 saturated carbocycles. The normalized spacial score (nSPS) is 10.4. The minimum atomic E-state index is -0.0997. The Kier molecular flexibility index (Phi) is 4.15. The van der Waals surface area contributed by atoms with Crippen molar-refractivity contribution in [2.24, 2.45) is 0 Å². The van der Waals surface area contributed by atoms with Crippen LogP contribution in [0.5, 0.6) is 0 Å². The van der Waals surface area contributed by atoms with E-state index in [-0.39, 0.29) is 5.91 Å². The van der Waals surface area contributed by atoms with Crippen molar-refractivity contribution >= 4 is 5.91 Å². The molecule has 0 aliphatic heterocycles. The van der Waals surface area contributed by atoms with E-state index >= 15 is 0 Å². The van der Waals surface area contributed by atoms with Gasteiger partial charge in [0, 0.05) is 24.5 Å². The van der Waals surface area contributed by atoms with Crippen LogP contribution in [0, 0.1) is 0 Å². The van der Waals surface area contributed by atoms with Crippen LogP contribution in [0.15, 0.2) is 55.1 Å². The zero-order valence-corrected chi connectivity index (χ0v) is 11.8. The van der Waals surface area contributed by atoms with Crippen LogP contribution in [0.3, 0.4) is 0 Å². The van der Waals surface area contributed by atoms with Crippen molar-refractivity contribution < 1.29 is 4.79 Å². The summed E-state index contributed by atoms with van der Waals surface area (Å²) in [5.74, 6) is -0.0997. The number of carbonyl (C=O) groups excluding carboxylic acids is 1. The molecule has 110 valence electrons. The lowest BCUT2D eigenvalue weighted by Crippen LogP contribution is -2.25. The van der Waals surface area contributed by atoms with Gasteiger partial charge in [0.1, 0.15) is 6.33 Å². The van der Waals surface area contributed by atoms with Gasteiger partial charge in [-0.25, -0.2) is 4.68 Å². The molecule has 3 rings (SSSR count). The summed E-state index contributed by atoms with van der Waals surface area (Å²) in [6, 6.07) is 11.0. The number of aromatic nitrogens is 5. The molecule has 0 radical (unpaired) electrons. The van der Waals surface area contributed by atoms with Crippen molar-refractivity contribution in [3.8, 4) is 5.69 Å². The van der Waals surface area contributed by atoms with Gasteiger partial charge < -0.3 is 5.32 Å². The van der Waals surface area contributed by atoms with E-state index in [0.717, 1.165) is 17.7 Å². The first-order valence-electron chi connectivity index (χ1n) is 6.83. The number of pyridine rings is 1. The van der Waals surface area contributed by atoms with Gasteiger partial charge in [-0.15, -0.1) is 5.10 Å². The Balaban J connectivity index is 1.56. The molecular weight excluding hydrogens is 280 g/mol. The topological polar surface area (TPSA) is 85.6 Å². The van der Waals surface area contributed by atoms with Crippen LogP contribution in [0.1, 0.15) is 15.9 Å². The Morgan fingerprint density at radius 3 is 2.55 bits per heavy atom. The summed E-state index contributed by atoms with van der Waals surface area (Å²) in [4.78, 5) is 16.0. The van der Waals surface area contributed by atoms with E-state index < -0.39 is 0 Å². The van der Waals surface area contributed by atoms with Crippen molar-refractivity contribution in [3.63, 3.8) is 0 Å². The first-order valence-corrected chi connectivity index (χ1v) is 6.83. The zero-order chi connectivity index (χ0) is 15.2. The van der Waals surface area contributed by atoms with Gasteiger partial charge in [-0.1, -0.05) is 0 Å². The molecule has 0 aliphatic rings. The smallest absolute Gasteiger partial charge is 0.251 e. The third kappa shape index (κ3) is 3.32. The molecule has 0 unspecified atom stereocenters. The molecule has 1 aromatic carbocycles. The SMILES string of the molecule is O=C(NCCc1ccncc1)c1ccc(-n2cnnn2)cc1. The second-order valence-electron chi connectivity index (χ2n) is 4.66. The number of tetrazole rings is 1. The zero-order valence-electron chi connectivity index (χ0n) is 11.8. The number of nitrogens with one attached hydrogen (secondary N) is 1. The van der Waals surface area contributed by atoms with E-state index in [0.29, 0.717) is 12.1 Å². The number of amides is 1. The van der Waals surface area contributed by atoms with E-state index in [1.54, 1.807) is 36.7 Å². The number of carbonyl (C=O) groups is 1. The van der Waals surface area contributed by atoms with Crippen LogP contribution in [0.2, 0.25) is 0 Å². The molecule has 0 saturated heterocycles. The highest BCUT2D eigenvalue weighted by Gasteiger charge is 2.05. The van der Waals surface area contributed by atoms with E-state index in [1.165, 1.54) is 11.0 Å². The standard InChI is InChI=1S/C15H14N6O/c22-15(17-10-7-12-5-8-16-9-6-12)13-1-3-14(4-2-13)21-11-18-19-20-21/h1-6,8-9,11H,7,10H2,(H,17,22). The first-order chi connectivity index (χ1) is 10.8. The molecule has 0 spiro atoms. The molecule has 0 fully saturated rings. The Morgan fingerprint density at radius 1 is 1.09 bits per heavy atom. The average molecular weight is 294 g/mol. The summed E-state index contributed by atoms with van der Waals surface area (Å²) in [6.45, 7) is 0.581. The van der Waals surface area contributed by atoms with Gasteiger partial charge in [-0.3, -0.25) is 9.78 Å². The summed E-state index contributed by atoms with van der Waals surface area (Å²) in [6.07, 6.45) is 5.77. The van der Waals surface area contributed by atoms with E-state index in [9.17, 15) is 4.79 Å². The van der Waals surface area contributed by atoms with Crippen LogP contribution in [0.4, 0.5) is 0 Å². The predicted molar refractivity (Wildman–Crippen MR) is 79.4 cm³/mol. The highest BCUT2D eigenvalue weighted by molar-refractivity contribution is 5.94. The lowest BCUT2D eigenvalue weighted by molar-refractivity contribution is 0.0954. The summed E-state index contributed by atoms with van der Waals surface area (Å²) in [7, 11) is 0. The van der Waals surface area contributed by atoms with Gasteiger partial charge in [0.25, 0.3) is 5.91 Å². The average Bonchev–Trinajstić information content (AvgIpc) is 3.10. The van der Waals surface area contributed by atoms with Crippen molar-refractivity contribution in [3.05, 3.63) is 66.2 Å². The van der Waals surface area contributed by atoms with Crippen molar-refractivity contribution in [2.45, 2.75) is 6.42 Å². The largest absolute Gasteiger partial charge is 0.352 e. The Bertz CT molecular complexity index is 724. The number of hydrogen-bond donors (Lipinski definition) is 1. The molecule has 2 aromatic heterocycles. The third-order valence-electron chi connectivity index (χ3n) is 3.19. The number of rotatable bonds is 5. The molecule has 1 amide bonds. The second kappa shape index (κ2) is 6.57. The molecule has 3 aromatic rings. The van der Waals surface area contributed by atoms with E-state index in [2.05, 4.69) is 25.8 Å². The molecule has 0 bridgehead atoms. The lowest BCUT2D eigenvalue weighted by Gasteiger charge is -2.06. The van der Waals surface area contributed by atoms with Gasteiger partial charge in [0.15, 0.2) is 0 Å². The van der Waals surface area contributed by atoms with Gasteiger partial charge in [-0.05, 0) is 58.8 Å². The van der Waals surface area contributed by atoms with Gasteiger partial charge in [-0.2, -0.15) is 0 Å². The molecule has 0 aliphatic carbocycles. The summed E-state index contributed by atoms with van der Waals surface area (Å²) in [5, 5.41) is 13.8. The third-order valence-corrected chi connectivity index (χ3v) is 3.19. The van der Waals surface area contributed by atoms with E-state index in [1.807, 2.05) is 12.1 Å². The fourth-order valence-electron chi connectivity index (χ4n) is 2.02. The van der Waals surface area contributed by atoms with Crippen LogP contribution in [-0.4, -0.2) is 37.6 Å². The van der Waals surface area contributed by atoms with Crippen LogP contribution in [-0.2, 0) is 6.42 Å². The minimum Gasteiger partial charge on any atom is -0.352 e. The maximum Gasteiger partial charge on any atom is 0.251 e. The molecule has 0 atom stereocenters. The Hall–Kier alpha value is -3.09. The maximum absolute atomic E-state index is 12.1. The van der Waals surface area contributed by atoms with Crippen LogP contribution < -0.4 is 5.32 Å². The van der Waals surface area contributed by atoms with Crippen molar-refractivity contribution in [1.29, 1.82) is 0 Å². The second-order valence-corrected chi connectivity index (χ2v) is 4.66. The predicted octanol–water partition coefficient (Wildman–Crippen LogP) is 1.03. The fraction of sp³-hybridized carbons (Fsp3) is 0.133. The Labute approximate surface area is 127 Å². The van der Waals surface area contributed by atoms with Gasteiger partial charge in [0.05, 0.1) is 5.69 Å². The van der Waals surface area contributed by atoms with Crippen molar-refractivity contribution in [1.82, 2.24) is 30.5 Å². The maximum atomic E-state index is 12.1. The monoisotopic (exact) mass is 294 g/mol. The van der Waals surface area contributed by atoms with Crippen LogP contribution in [0.25, 0.3) is 5.69 Å². The Morgan fingerprint density at radius 2 is 1.86 bits per heavy atom. The summed E-state index contributed by atoms with van der Waals surface area (Å²) < 4.78 is 1.53. The number of hydrogen-bond acceptors (Lipinski definition) is 5. The van der Waals surface area contributed by atoms with Gasteiger partial charge >= 0.3 is 0 Å². The molecule has 7 heteroatoms. The molecule has 7 nitrogen and oxygen atoms in total. The summed E-state index contributed by atoms with van der Waals surface area (Å²) >= 11 is 0.